The van der Waals surface area contributed by atoms with Crippen molar-refractivity contribution in [1.82, 2.24) is 15.1 Å². The number of nitrogens with zero attached hydrogens (tertiary/aromatic N) is 2. The lowest BCUT2D eigenvalue weighted by Crippen LogP contribution is -2.58. The average molecular weight is 451 g/mol. The largest absolute Gasteiger partial charge is 0.392 e. The van der Waals surface area contributed by atoms with Crippen molar-refractivity contribution in [3.63, 3.8) is 0 Å². The fourth-order valence-electron chi connectivity index (χ4n) is 5.00. The average Bonchev–Trinajstić information content (AvgIpc) is 3.43. The summed E-state index contributed by atoms with van der Waals surface area (Å²) >= 11 is 0. The number of nitrogens with one attached hydrogen (secondary N) is 2. The molecule has 4 N–H and O–H groups in total. The van der Waals surface area contributed by atoms with Gasteiger partial charge in [-0.25, -0.2) is 0 Å². The highest BCUT2D eigenvalue weighted by Crippen LogP contribution is 2.42. The normalized spacial score (nSPS) is 18.7. The van der Waals surface area contributed by atoms with Gasteiger partial charge in [-0.3, -0.25) is 10.2 Å². The Morgan fingerprint density at radius 1 is 0.939 bits per heavy atom. The summed E-state index contributed by atoms with van der Waals surface area (Å²) < 4.78 is 0. The van der Waals surface area contributed by atoms with Crippen LogP contribution in [0.1, 0.15) is 42.4 Å². The molecule has 0 radical (unpaired) electrons. The summed E-state index contributed by atoms with van der Waals surface area (Å²) in [4.78, 5) is 17.3. The van der Waals surface area contributed by atoms with Crippen molar-refractivity contribution in [1.29, 1.82) is 5.41 Å². The number of carbonyl (C=O) groups is 1. The fraction of sp³-hybridized carbons (Fsp3) is 0.462. The molecule has 2 aromatic carbocycles. The number of piperazine rings is 1. The maximum atomic E-state index is 13.6. The Hall–Kier alpha value is -2.90. The van der Waals surface area contributed by atoms with Gasteiger partial charge in [0.25, 0.3) is 5.91 Å². The predicted molar refractivity (Wildman–Crippen MR) is 127 cm³/mol. The van der Waals surface area contributed by atoms with Crippen LogP contribution in [0.3, 0.4) is 0 Å². The summed E-state index contributed by atoms with van der Waals surface area (Å²) in [6.07, 6.45) is 3.83. The standard InChI is InChI=1S/C26H34N4O3/c27-25(28-18-20-10-12-21(19-31)13-11-20)30-16-14-29(15-17-30)24(32)26(33,23-8-4-5-9-23)22-6-2-1-3-7-22/h1-3,6-7,10-13,23,31,33H,4-5,8-9,14-19H2,(H2,27,28)/t26-/m0/s1. The molecule has 0 bridgehead atoms. The van der Waals surface area contributed by atoms with E-state index in [1.165, 1.54) is 0 Å². The van der Waals surface area contributed by atoms with Crippen molar-refractivity contribution >= 4 is 11.9 Å². The van der Waals surface area contributed by atoms with E-state index in [0.29, 0.717) is 44.2 Å². The molecule has 1 heterocycles. The first-order valence-electron chi connectivity index (χ1n) is 11.9. The third-order valence-electron chi connectivity index (χ3n) is 7.03. The van der Waals surface area contributed by atoms with Gasteiger partial charge in [0, 0.05) is 38.6 Å². The fourth-order valence-corrected chi connectivity index (χ4v) is 5.00. The molecule has 2 fully saturated rings. The highest BCUT2D eigenvalue weighted by Gasteiger charge is 2.48. The third kappa shape index (κ3) is 5.04. The van der Waals surface area contributed by atoms with Crippen LogP contribution in [0.5, 0.6) is 0 Å². The van der Waals surface area contributed by atoms with Crippen LogP contribution >= 0.6 is 0 Å². The molecule has 0 unspecified atom stereocenters. The molecule has 1 atom stereocenters. The monoisotopic (exact) mass is 450 g/mol. The summed E-state index contributed by atoms with van der Waals surface area (Å²) in [5.41, 5.74) is 1.11. The lowest BCUT2D eigenvalue weighted by Gasteiger charge is -2.42. The first-order chi connectivity index (χ1) is 16.0. The highest BCUT2D eigenvalue weighted by molar-refractivity contribution is 5.87. The second-order valence-electron chi connectivity index (χ2n) is 9.07. The lowest BCUT2D eigenvalue weighted by atomic mass is 9.79. The molecule has 1 saturated heterocycles. The molecule has 7 nitrogen and oxygen atoms in total. The zero-order valence-corrected chi connectivity index (χ0v) is 19.0. The lowest BCUT2D eigenvalue weighted by molar-refractivity contribution is -0.160. The first kappa shape index (κ1) is 23.3. The molecule has 2 aromatic rings. The number of carbonyl (C=O) groups excluding carboxylic acids is 1. The van der Waals surface area contributed by atoms with Gasteiger partial charge in [-0.15, -0.1) is 0 Å². The maximum Gasteiger partial charge on any atom is 0.259 e. The molecule has 0 spiro atoms. The van der Waals surface area contributed by atoms with E-state index in [9.17, 15) is 9.90 Å². The minimum Gasteiger partial charge on any atom is -0.392 e. The van der Waals surface area contributed by atoms with Crippen LogP contribution < -0.4 is 5.32 Å². The van der Waals surface area contributed by atoms with Gasteiger partial charge < -0.3 is 25.3 Å². The molecule has 1 aliphatic heterocycles. The van der Waals surface area contributed by atoms with Crippen molar-refractivity contribution in [2.24, 2.45) is 5.92 Å². The van der Waals surface area contributed by atoms with Crippen LogP contribution in [0.15, 0.2) is 54.6 Å². The molecule has 2 aliphatic rings. The van der Waals surface area contributed by atoms with Crippen molar-refractivity contribution in [3.05, 3.63) is 71.3 Å². The number of hydrogen-bond donors (Lipinski definition) is 4. The second-order valence-corrected chi connectivity index (χ2v) is 9.07. The zero-order valence-electron chi connectivity index (χ0n) is 19.0. The summed E-state index contributed by atoms with van der Waals surface area (Å²) in [7, 11) is 0. The van der Waals surface area contributed by atoms with Gasteiger partial charge in [0.15, 0.2) is 11.6 Å². The highest BCUT2D eigenvalue weighted by atomic mass is 16.3. The van der Waals surface area contributed by atoms with Gasteiger partial charge in [-0.2, -0.15) is 0 Å². The van der Waals surface area contributed by atoms with E-state index in [4.69, 9.17) is 10.5 Å². The first-order valence-corrected chi connectivity index (χ1v) is 11.9. The second kappa shape index (κ2) is 10.4. The van der Waals surface area contributed by atoms with Crippen LogP contribution in [0.2, 0.25) is 0 Å². The van der Waals surface area contributed by atoms with Gasteiger partial charge in [0.2, 0.25) is 0 Å². The Balaban J connectivity index is 1.35. The van der Waals surface area contributed by atoms with Gasteiger partial charge in [-0.1, -0.05) is 67.4 Å². The van der Waals surface area contributed by atoms with E-state index in [-0.39, 0.29) is 18.4 Å². The molecule has 0 aromatic heterocycles. The molecule has 4 rings (SSSR count). The van der Waals surface area contributed by atoms with Crippen molar-refractivity contribution in [2.45, 2.75) is 44.4 Å². The van der Waals surface area contributed by atoms with E-state index in [2.05, 4.69) is 5.32 Å². The number of aliphatic hydroxyl groups excluding tert-OH is 1. The Morgan fingerprint density at radius 3 is 2.12 bits per heavy atom. The van der Waals surface area contributed by atoms with Gasteiger partial charge in [0.05, 0.1) is 6.61 Å². The van der Waals surface area contributed by atoms with E-state index in [1.54, 1.807) is 4.90 Å². The Labute approximate surface area is 195 Å². The number of hydrogen-bond acceptors (Lipinski definition) is 4. The minimum atomic E-state index is -1.48. The van der Waals surface area contributed by atoms with Gasteiger partial charge >= 0.3 is 0 Å². The number of benzene rings is 2. The van der Waals surface area contributed by atoms with Crippen LogP contribution in [-0.4, -0.2) is 58.1 Å². The van der Waals surface area contributed by atoms with Gasteiger partial charge in [-0.05, 0) is 29.5 Å². The molecule has 1 aliphatic carbocycles. The molecular formula is C26H34N4O3. The van der Waals surface area contributed by atoms with E-state index in [1.807, 2.05) is 59.5 Å². The molecule has 1 saturated carbocycles. The molecule has 1 amide bonds. The number of guanidine groups is 1. The van der Waals surface area contributed by atoms with Crippen LogP contribution in [0.4, 0.5) is 0 Å². The Kier molecular flexibility index (Phi) is 7.30. The maximum absolute atomic E-state index is 13.6. The topological polar surface area (TPSA) is 99.9 Å². The quantitative estimate of drug-likeness (QED) is 0.400. The number of aliphatic hydroxyl groups is 2. The summed E-state index contributed by atoms with van der Waals surface area (Å²) in [6.45, 7) is 2.62. The van der Waals surface area contributed by atoms with Crippen LogP contribution in [-0.2, 0) is 23.5 Å². The Morgan fingerprint density at radius 2 is 1.52 bits per heavy atom. The third-order valence-corrected chi connectivity index (χ3v) is 7.03. The van der Waals surface area contributed by atoms with E-state index < -0.39 is 5.60 Å². The molecule has 33 heavy (non-hydrogen) atoms. The molecule has 7 heteroatoms. The predicted octanol–water partition coefficient (Wildman–Crippen LogP) is 2.43. The minimum absolute atomic E-state index is 0.0205. The number of amides is 1. The Bertz CT molecular complexity index is 936. The van der Waals surface area contributed by atoms with Crippen molar-refractivity contribution < 1.29 is 15.0 Å². The smallest absolute Gasteiger partial charge is 0.259 e. The van der Waals surface area contributed by atoms with E-state index >= 15 is 0 Å². The number of rotatable bonds is 6. The van der Waals surface area contributed by atoms with Crippen molar-refractivity contribution in [2.75, 3.05) is 26.2 Å². The summed E-state index contributed by atoms with van der Waals surface area (Å²) in [5, 5.41) is 32.4. The van der Waals surface area contributed by atoms with E-state index in [0.717, 1.165) is 36.8 Å². The van der Waals surface area contributed by atoms with Crippen molar-refractivity contribution in [3.8, 4) is 0 Å². The van der Waals surface area contributed by atoms with Crippen LogP contribution in [0.25, 0.3) is 0 Å². The zero-order chi connectivity index (χ0) is 23.3. The van der Waals surface area contributed by atoms with Crippen LogP contribution in [0, 0.1) is 11.3 Å². The summed E-state index contributed by atoms with van der Waals surface area (Å²) in [6, 6.07) is 17.0. The molecule has 176 valence electrons. The SMILES string of the molecule is N=C(NCc1ccc(CO)cc1)N1CCN(C(=O)[C@](O)(c2ccccc2)C2CCCC2)CC1. The van der Waals surface area contributed by atoms with Gasteiger partial charge in [0.1, 0.15) is 0 Å². The summed E-state index contributed by atoms with van der Waals surface area (Å²) in [5.74, 6) is 0.0776. The molecular weight excluding hydrogens is 416 g/mol.